The van der Waals surface area contributed by atoms with Gasteiger partial charge in [-0.3, -0.25) is 19.8 Å². The average molecular weight is 318 g/mol. The number of nitrogens with zero attached hydrogens (tertiary/aromatic N) is 1. The summed E-state index contributed by atoms with van der Waals surface area (Å²) in [5, 5.41) is 4.82. The Hall–Kier alpha value is -2.41. The monoisotopic (exact) mass is 318 g/mol. The van der Waals surface area contributed by atoms with Gasteiger partial charge in [0.25, 0.3) is 0 Å². The van der Waals surface area contributed by atoms with E-state index >= 15 is 0 Å². The fraction of sp³-hybridized carbons (Fsp3) is 0.438. The second kappa shape index (κ2) is 7.73. The van der Waals surface area contributed by atoms with E-state index in [4.69, 9.17) is 5.73 Å². The molecular weight excluding hydrogens is 296 g/mol. The van der Waals surface area contributed by atoms with Crippen LogP contribution in [0.4, 0.5) is 4.79 Å². The molecule has 1 fully saturated rings. The van der Waals surface area contributed by atoms with Gasteiger partial charge in [-0.2, -0.15) is 0 Å². The van der Waals surface area contributed by atoms with Crippen molar-refractivity contribution in [2.45, 2.75) is 18.9 Å². The van der Waals surface area contributed by atoms with E-state index in [1.165, 1.54) is 0 Å². The second-order valence-corrected chi connectivity index (χ2v) is 5.59. The number of hydrogen-bond donors (Lipinski definition) is 3. The summed E-state index contributed by atoms with van der Waals surface area (Å²) in [4.78, 5) is 37.1. The number of hydrogen-bond acceptors (Lipinski definition) is 4. The maximum absolute atomic E-state index is 12.4. The van der Waals surface area contributed by atoms with Crippen LogP contribution in [-0.2, 0) is 9.59 Å². The molecule has 7 heteroatoms. The first-order valence-electron chi connectivity index (χ1n) is 7.63. The molecule has 0 aliphatic carbocycles. The van der Waals surface area contributed by atoms with Crippen molar-refractivity contribution in [1.29, 1.82) is 0 Å². The maximum Gasteiger partial charge on any atom is 0.318 e. The number of imide groups is 1. The SMILES string of the molecule is CNC(=O)C1CCN([C@@H](C(=O)NC(N)=O)c2ccccc2)CC1. The van der Waals surface area contributed by atoms with Gasteiger partial charge in [0.05, 0.1) is 0 Å². The number of primary amides is 1. The predicted molar refractivity (Wildman–Crippen MR) is 85.3 cm³/mol. The highest BCUT2D eigenvalue weighted by atomic mass is 16.2. The van der Waals surface area contributed by atoms with Crippen LogP contribution in [0.1, 0.15) is 24.4 Å². The van der Waals surface area contributed by atoms with Gasteiger partial charge in [-0.15, -0.1) is 0 Å². The number of amides is 4. The lowest BCUT2D eigenvalue weighted by Gasteiger charge is -2.36. The lowest BCUT2D eigenvalue weighted by atomic mass is 9.93. The number of carbonyl (C=O) groups excluding carboxylic acids is 3. The highest BCUT2D eigenvalue weighted by Crippen LogP contribution is 2.27. The van der Waals surface area contributed by atoms with E-state index in [-0.39, 0.29) is 11.8 Å². The summed E-state index contributed by atoms with van der Waals surface area (Å²) in [7, 11) is 1.63. The third-order valence-corrected chi connectivity index (χ3v) is 4.12. The van der Waals surface area contributed by atoms with Crippen LogP contribution in [0.3, 0.4) is 0 Å². The zero-order valence-electron chi connectivity index (χ0n) is 13.1. The van der Waals surface area contributed by atoms with Gasteiger partial charge >= 0.3 is 6.03 Å². The summed E-state index contributed by atoms with van der Waals surface area (Å²) in [6, 6.07) is 7.79. The summed E-state index contributed by atoms with van der Waals surface area (Å²) >= 11 is 0. The molecule has 1 aromatic rings. The molecule has 0 unspecified atom stereocenters. The number of nitrogens with one attached hydrogen (secondary N) is 2. The molecule has 23 heavy (non-hydrogen) atoms. The Morgan fingerprint density at radius 1 is 1.17 bits per heavy atom. The first kappa shape index (κ1) is 17.0. The van der Waals surface area contributed by atoms with Crippen molar-refractivity contribution in [2.75, 3.05) is 20.1 Å². The third-order valence-electron chi connectivity index (χ3n) is 4.12. The standard InChI is InChI=1S/C16H22N4O3/c1-18-14(21)12-7-9-20(10-8-12)13(15(22)19-16(17)23)11-5-3-2-4-6-11/h2-6,12-13H,7-10H2,1H3,(H,18,21)(H3,17,19,22,23)/t13-/m1/s1. The molecular formula is C16H22N4O3. The minimum absolute atomic E-state index is 0.0301. The molecule has 0 radical (unpaired) electrons. The summed E-state index contributed by atoms with van der Waals surface area (Å²) in [6.45, 7) is 1.20. The van der Waals surface area contributed by atoms with Crippen LogP contribution in [0, 0.1) is 5.92 Å². The van der Waals surface area contributed by atoms with E-state index < -0.39 is 18.0 Å². The minimum Gasteiger partial charge on any atom is -0.359 e. The molecule has 1 aliphatic rings. The molecule has 0 bridgehead atoms. The van der Waals surface area contributed by atoms with Gasteiger partial charge < -0.3 is 11.1 Å². The zero-order chi connectivity index (χ0) is 16.8. The van der Waals surface area contributed by atoms with Gasteiger partial charge in [-0.1, -0.05) is 30.3 Å². The van der Waals surface area contributed by atoms with Crippen molar-refractivity contribution in [3.63, 3.8) is 0 Å². The van der Waals surface area contributed by atoms with E-state index in [0.29, 0.717) is 25.9 Å². The lowest BCUT2D eigenvalue weighted by Crippen LogP contribution is -2.48. The van der Waals surface area contributed by atoms with E-state index in [1.807, 2.05) is 35.2 Å². The molecule has 4 amide bonds. The first-order chi connectivity index (χ1) is 11.0. The van der Waals surface area contributed by atoms with Gasteiger partial charge in [-0.25, -0.2) is 4.79 Å². The van der Waals surface area contributed by atoms with Crippen LogP contribution in [0.2, 0.25) is 0 Å². The number of rotatable bonds is 4. The fourth-order valence-corrected chi connectivity index (χ4v) is 2.98. The van der Waals surface area contributed by atoms with Crippen molar-refractivity contribution < 1.29 is 14.4 Å². The molecule has 1 heterocycles. The van der Waals surface area contributed by atoms with Crippen LogP contribution < -0.4 is 16.4 Å². The predicted octanol–water partition coefficient (Wildman–Crippen LogP) is 0.381. The quantitative estimate of drug-likeness (QED) is 0.746. The molecule has 124 valence electrons. The first-order valence-corrected chi connectivity index (χ1v) is 7.63. The molecule has 2 rings (SSSR count). The van der Waals surface area contributed by atoms with Crippen molar-refractivity contribution >= 4 is 17.8 Å². The van der Waals surface area contributed by atoms with Crippen LogP contribution in [0.25, 0.3) is 0 Å². The van der Waals surface area contributed by atoms with E-state index in [9.17, 15) is 14.4 Å². The Balaban J connectivity index is 2.14. The maximum atomic E-state index is 12.4. The number of nitrogens with two attached hydrogens (primary N) is 1. The number of carbonyl (C=O) groups is 3. The van der Waals surface area contributed by atoms with Gasteiger partial charge in [0, 0.05) is 13.0 Å². The Labute approximate surface area is 135 Å². The molecule has 1 saturated heterocycles. The van der Waals surface area contributed by atoms with Gasteiger partial charge in [0.1, 0.15) is 6.04 Å². The van der Waals surface area contributed by atoms with Gasteiger partial charge in [-0.05, 0) is 31.5 Å². The summed E-state index contributed by atoms with van der Waals surface area (Å²) in [5.41, 5.74) is 5.87. The minimum atomic E-state index is -0.865. The summed E-state index contributed by atoms with van der Waals surface area (Å²) in [5.74, 6) is -0.448. The molecule has 0 saturated carbocycles. The van der Waals surface area contributed by atoms with Crippen LogP contribution >= 0.6 is 0 Å². The number of piperidine rings is 1. The van der Waals surface area contributed by atoms with Crippen molar-refractivity contribution in [3.8, 4) is 0 Å². The fourth-order valence-electron chi connectivity index (χ4n) is 2.98. The smallest absolute Gasteiger partial charge is 0.318 e. The lowest BCUT2D eigenvalue weighted by molar-refractivity contribution is -0.128. The molecule has 1 aromatic carbocycles. The Morgan fingerprint density at radius 3 is 2.30 bits per heavy atom. The molecule has 1 atom stereocenters. The second-order valence-electron chi connectivity index (χ2n) is 5.59. The van der Waals surface area contributed by atoms with Crippen LogP contribution in [0.15, 0.2) is 30.3 Å². The topological polar surface area (TPSA) is 105 Å². The number of benzene rings is 1. The van der Waals surface area contributed by atoms with Crippen LogP contribution in [0.5, 0.6) is 0 Å². The third kappa shape index (κ3) is 4.29. The Bertz CT molecular complexity index is 568. The highest BCUT2D eigenvalue weighted by Gasteiger charge is 2.33. The van der Waals surface area contributed by atoms with Crippen molar-refractivity contribution in [1.82, 2.24) is 15.5 Å². The summed E-state index contributed by atoms with van der Waals surface area (Å²) in [6.07, 6.45) is 1.35. The Morgan fingerprint density at radius 2 is 1.78 bits per heavy atom. The van der Waals surface area contributed by atoms with Gasteiger partial charge in [0.2, 0.25) is 11.8 Å². The van der Waals surface area contributed by atoms with E-state index in [0.717, 1.165) is 5.56 Å². The Kier molecular flexibility index (Phi) is 5.70. The normalized spacial score (nSPS) is 17.3. The van der Waals surface area contributed by atoms with E-state index in [1.54, 1.807) is 7.05 Å². The van der Waals surface area contributed by atoms with Crippen molar-refractivity contribution in [2.24, 2.45) is 11.7 Å². The molecule has 4 N–H and O–H groups in total. The largest absolute Gasteiger partial charge is 0.359 e. The number of likely N-dealkylation sites (tertiary alicyclic amines) is 1. The average Bonchev–Trinajstić information content (AvgIpc) is 2.55. The zero-order valence-corrected chi connectivity index (χ0v) is 13.1. The molecule has 0 aromatic heterocycles. The molecule has 1 aliphatic heterocycles. The van der Waals surface area contributed by atoms with E-state index in [2.05, 4.69) is 10.6 Å². The number of urea groups is 1. The van der Waals surface area contributed by atoms with Crippen LogP contribution in [-0.4, -0.2) is 42.9 Å². The summed E-state index contributed by atoms with van der Waals surface area (Å²) < 4.78 is 0. The molecule has 7 nitrogen and oxygen atoms in total. The molecule has 0 spiro atoms. The van der Waals surface area contributed by atoms with Gasteiger partial charge in [0.15, 0.2) is 0 Å². The highest BCUT2D eigenvalue weighted by molar-refractivity contribution is 5.96. The van der Waals surface area contributed by atoms with Crippen molar-refractivity contribution in [3.05, 3.63) is 35.9 Å².